The summed E-state index contributed by atoms with van der Waals surface area (Å²) in [7, 11) is 1.49. The first-order valence-electron chi connectivity index (χ1n) is 11.0. The van der Waals surface area contributed by atoms with Crippen LogP contribution in [0.4, 0.5) is 30.5 Å². The van der Waals surface area contributed by atoms with E-state index in [2.05, 4.69) is 30.7 Å². The maximum atomic E-state index is 14.3. The number of fused-ring (bicyclic) bond motifs is 1. The van der Waals surface area contributed by atoms with Crippen LogP contribution in [0, 0.1) is 11.4 Å². The number of hydrogen-bond donors (Lipinski definition) is 3. The Bertz CT molecular complexity index is 1150. The number of nitrogens with zero attached hydrogens (tertiary/aromatic N) is 5. The van der Waals surface area contributed by atoms with Gasteiger partial charge in [0.25, 0.3) is 6.43 Å². The van der Waals surface area contributed by atoms with Crippen LogP contribution in [0.1, 0.15) is 6.92 Å². The van der Waals surface area contributed by atoms with Crippen molar-refractivity contribution in [3.8, 4) is 17.0 Å². The second-order valence-electron chi connectivity index (χ2n) is 8.09. The minimum absolute atomic E-state index is 0.148. The van der Waals surface area contributed by atoms with Gasteiger partial charge in [0.05, 0.1) is 19.3 Å². The van der Waals surface area contributed by atoms with Gasteiger partial charge >= 0.3 is 0 Å². The highest BCUT2D eigenvalue weighted by Gasteiger charge is 2.31. The van der Waals surface area contributed by atoms with Crippen LogP contribution in [0.5, 0.6) is 5.88 Å². The number of hydrogen-bond acceptors (Lipinski definition) is 8. The highest BCUT2D eigenvalue weighted by molar-refractivity contribution is 5.87. The molecule has 0 saturated carbocycles. The lowest BCUT2D eigenvalue weighted by Gasteiger charge is -2.15. The predicted molar refractivity (Wildman–Crippen MR) is 123 cm³/mol. The van der Waals surface area contributed by atoms with Gasteiger partial charge in [0.2, 0.25) is 11.8 Å². The quantitative estimate of drug-likeness (QED) is 0.374. The van der Waals surface area contributed by atoms with E-state index in [4.69, 9.17) is 10.3 Å². The van der Waals surface area contributed by atoms with Gasteiger partial charge in [-0.3, -0.25) is 0 Å². The largest absolute Gasteiger partial charge is 0.479 e. The number of anilines is 2. The van der Waals surface area contributed by atoms with Gasteiger partial charge in [0.15, 0.2) is 0 Å². The molecule has 1 fully saturated rings. The summed E-state index contributed by atoms with van der Waals surface area (Å²) in [6.07, 6.45) is -1.71. The summed E-state index contributed by atoms with van der Waals surface area (Å²) >= 11 is 0. The molecule has 0 spiro atoms. The second-order valence-corrected chi connectivity index (χ2v) is 8.09. The zero-order chi connectivity index (χ0) is 24.2. The highest BCUT2D eigenvalue weighted by atomic mass is 19.3. The standard InChI is InChI=1S/C22H27F3N8O/c1-3-32-11-14(16(23)12-32)9-28-22-29-21(34-2)20-15(6-7-33(20)31-22)13-4-5-17(30-26)18(8-13)27-10-19(24)25/h4-8,14,16,19,26-27H,3,9-12H2,1-2H3,(H,28,31)/t14-,16+/m0/s1. The molecule has 182 valence electrons. The van der Waals surface area contributed by atoms with Crippen molar-refractivity contribution in [2.24, 2.45) is 11.0 Å². The molecule has 0 amide bonds. The van der Waals surface area contributed by atoms with Gasteiger partial charge in [0.1, 0.15) is 17.4 Å². The summed E-state index contributed by atoms with van der Waals surface area (Å²) in [6, 6.07) is 6.78. The summed E-state index contributed by atoms with van der Waals surface area (Å²) in [5.74, 6) is 0.481. The molecular weight excluding hydrogens is 449 g/mol. The number of aromatic nitrogens is 3. The number of halogens is 3. The van der Waals surface area contributed by atoms with Crippen molar-refractivity contribution in [1.29, 1.82) is 5.53 Å². The van der Waals surface area contributed by atoms with Crippen LogP contribution in [-0.4, -0.2) is 71.9 Å². The molecule has 2 aromatic heterocycles. The summed E-state index contributed by atoms with van der Waals surface area (Å²) < 4.78 is 46.8. The third kappa shape index (κ3) is 4.91. The van der Waals surface area contributed by atoms with Gasteiger partial charge < -0.3 is 20.3 Å². The van der Waals surface area contributed by atoms with Crippen LogP contribution in [0.25, 0.3) is 16.6 Å². The Labute approximate surface area is 194 Å². The predicted octanol–water partition coefficient (Wildman–Crippen LogP) is 4.45. The van der Waals surface area contributed by atoms with E-state index in [-0.39, 0.29) is 11.6 Å². The van der Waals surface area contributed by atoms with Gasteiger partial charge in [0, 0.05) is 37.3 Å². The molecule has 1 aliphatic rings. The summed E-state index contributed by atoms with van der Waals surface area (Å²) in [5, 5.41) is 13.6. The molecule has 1 aliphatic heterocycles. The zero-order valence-corrected chi connectivity index (χ0v) is 18.9. The van der Waals surface area contributed by atoms with Crippen molar-refractivity contribution in [2.45, 2.75) is 19.5 Å². The van der Waals surface area contributed by atoms with Crippen molar-refractivity contribution in [3.63, 3.8) is 0 Å². The Morgan fingerprint density at radius 3 is 2.76 bits per heavy atom. The lowest BCUT2D eigenvalue weighted by Crippen LogP contribution is -2.24. The van der Waals surface area contributed by atoms with E-state index in [1.807, 2.05) is 13.0 Å². The maximum Gasteiger partial charge on any atom is 0.255 e. The third-order valence-corrected chi connectivity index (χ3v) is 5.95. The zero-order valence-electron chi connectivity index (χ0n) is 18.9. The first kappa shape index (κ1) is 23.7. The SMILES string of the molecule is CCN1C[C@H](CNc2nc(OC)c3c(-c4ccc(N=N)c(NCC(F)F)c4)ccn3n2)[C@H](F)C1. The van der Waals surface area contributed by atoms with E-state index >= 15 is 0 Å². The number of rotatable bonds is 10. The average Bonchev–Trinajstić information content (AvgIpc) is 3.43. The van der Waals surface area contributed by atoms with Crippen LogP contribution in [0.2, 0.25) is 0 Å². The molecule has 1 aromatic carbocycles. The Balaban J connectivity index is 1.61. The van der Waals surface area contributed by atoms with Crippen molar-refractivity contribution in [3.05, 3.63) is 30.5 Å². The molecular formula is C22H27F3N8O. The molecule has 0 unspecified atom stereocenters. The van der Waals surface area contributed by atoms with Crippen LogP contribution in [0.3, 0.4) is 0 Å². The molecule has 0 aliphatic carbocycles. The Hall–Kier alpha value is -3.41. The second kappa shape index (κ2) is 10.2. The highest BCUT2D eigenvalue weighted by Crippen LogP contribution is 2.36. The molecule has 0 bridgehead atoms. The molecule has 1 saturated heterocycles. The van der Waals surface area contributed by atoms with Crippen LogP contribution in [-0.2, 0) is 0 Å². The number of nitrogens with one attached hydrogen (secondary N) is 3. The van der Waals surface area contributed by atoms with Crippen molar-refractivity contribution < 1.29 is 17.9 Å². The molecule has 34 heavy (non-hydrogen) atoms. The van der Waals surface area contributed by atoms with Crippen molar-refractivity contribution >= 4 is 22.8 Å². The molecule has 3 N–H and O–H groups in total. The van der Waals surface area contributed by atoms with Crippen LogP contribution in [0.15, 0.2) is 35.6 Å². The van der Waals surface area contributed by atoms with Crippen LogP contribution >= 0.6 is 0 Å². The van der Waals surface area contributed by atoms with E-state index in [0.29, 0.717) is 48.2 Å². The Morgan fingerprint density at radius 2 is 2.09 bits per heavy atom. The lowest BCUT2D eigenvalue weighted by molar-refractivity contribution is 0.163. The van der Waals surface area contributed by atoms with E-state index in [1.54, 1.807) is 28.9 Å². The van der Waals surface area contributed by atoms with E-state index in [1.165, 1.54) is 7.11 Å². The van der Waals surface area contributed by atoms with Gasteiger partial charge in [-0.1, -0.05) is 13.0 Å². The lowest BCUT2D eigenvalue weighted by atomic mass is 10.1. The monoisotopic (exact) mass is 476 g/mol. The number of benzene rings is 1. The smallest absolute Gasteiger partial charge is 0.255 e. The van der Waals surface area contributed by atoms with E-state index < -0.39 is 19.1 Å². The molecule has 4 rings (SSSR count). The van der Waals surface area contributed by atoms with Gasteiger partial charge in [-0.25, -0.2) is 23.2 Å². The van der Waals surface area contributed by atoms with Gasteiger partial charge in [-0.15, -0.1) is 5.10 Å². The van der Waals surface area contributed by atoms with E-state index in [9.17, 15) is 13.2 Å². The number of methoxy groups -OCH3 is 1. The summed E-state index contributed by atoms with van der Waals surface area (Å²) in [5.41, 5.74) is 9.87. The van der Waals surface area contributed by atoms with Gasteiger partial charge in [-0.2, -0.15) is 10.1 Å². The van der Waals surface area contributed by atoms with Crippen molar-refractivity contribution in [1.82, 2.24) is 19.5 Å². The topological polar surface area (TPSA) is 103 Å². The Kier molecular flexibility index (Phi) is 7.15. The molecule has 2 atom stereocenters. The first-order valence-corrected chi connectivity index (χ1v) is 11.0. The number of alkyl halides is 3. The fourth-order valence-electron chi connectivity index (χ4n) is 4.16. The van der Waals surface area contributed by atoms with E-state index in [0.717, 1.165) is 12.1 Å². The maximum absolute atomic E-state index is 14.3. The average molecular weight is 477 g/mol. The normalized spacial score (nSPS) is 18.5. The third-order valence-electron chi connectivity index (χ3n) is 5.95. The van der Waals surface area contributed by atoms with Crippen LogP contribution < -0.4 is 15.4 Å². The molecule has 3 aromatic rings. The molecule has 12 heteroatoms. The van der Waals surface area contributed by atoms with Crippen molar-refractivity contribution in [2.75, 3.05) is 50.5 Å². The minimum Gasteiger partial charge on any atom is -0.479 e. The molecule has 3 heterocycles. The number of likely N-dealkylation sites (tertiary alicyclic amines) is 1. The Morgan fingerprint density at radius 1 is 1.26 bits per heavy atom. The first-order chi connectivity index (χ1) is 16.4. The summed E-state index contributed by atoms with van der Waals surface area (Å²) in [6.45, 7) is 3.79. The summed E-state index contributed by atoms with van der Waals surface area (Å²) in [4.78, 5) is 6.53. The minimum atomic E-state index is -2.54. The number of ether oxygens (including phenoxy) is 1. The fourth-order valence-corrected chi connectivity index (χ4v) is 4.16. The van der Waals surface area contributed by atoms with Gasteiger partial charge in [-0.05, 0) is 30.3 Å². The molecule has 9 nitrogen and oxygen atoms in total. The molecule has 0 radical (unpaired) electrons. The fraction of sp³-hybridized carbons (Fsp3) is 0.455.